The highest BCUT2D eigenvalue weighted by Crippen LogP contribution is 2.31. The lowest BCUT2D eigenvalue weighted by molar-refractivity contribution is -0.353. The number of ether oxygens (including phenoxy) is 7. The second kappa shape index (κ2) is 15.2. The van der Waals surface area contributed by atoms with Crippen molar-refractivity contribution in [1.82, 2.24) is 0 Å². The molecule has 5 rings (SSSR count). The van der Waals surface area contributed by atoms with Crippen molar-refractivity contribution in [1.29, 1.82) is 0 Å². The van der Waals surface area contributed by atoms with Gasteiger partial charge in [0, 0.05) is 5.75 Å². The van der Waals surface area contributed by atoms with E-state index in [1.807, 2.05) is 30.3 Å². The van der Waals surface area contributed by atoms with Crippen LogP contribution in [0.25, 0.3) is 0 Å². The van der Waals surface area contributed by atoms with E-state index in [0.717, 1.165) is 5.56 Å². The molecular weight excluding hydrogens is 612 g/mol. The lowest BCUT2D eigenvalue weighted by atomic mass is 10.0. The molecule has 0 amide bonds. The maximum Gasteiger partial charge on any atom is 0.186 e. The Labute approximate surface area is 256 Å². The Morgan fingerprint density at radius 2 is 0.955 bits per heavy atom. The fourth-order valence-corrected chi connectivity index (χ4v) is 6.30. The molecule has 16 nitrogen and oxygen atoms in total. The summed E-state index contributed by atoms with van der Waals surface area (Å²) < 4.78 is 38.5. The van der Waals surface area contributed by atoms with Gasteiger partial charge in [-0.25, -0.2) is 0 Å². The number of thioether (sulfide) groups is 1. The second-order valence-corrected chi connectivity index (χ2v) is 12.2. The zero-order chi connectivity index (χ0) is 31.5. The first-order valence-corrected chi connectivity index (χ1v) is 15.3. The number of hydrogen-bond acceptors (Lipinski definition) is 17. The first-order chi connectivity index (χ1) is 21.0. The summed E-state index contributed by atoms with van der Waals surface area (Å²) in [7, 11) is 0. The minimum Gasteiger partial charge on any atom is -0.388 e. The predicted molar refractivity (Wildman–Crippen MR) is 145 cm³/mol. The van der Waals surface area contributed by atoms with Crippen molar-refractivity contribution in [3.63, 3.8) is 0 Å². The molecule has 0 bridgehead atoms. The third-order valence-electron chi connectivity index (χ3n) is 7.94. The van der Waals surface area contributed by atoms with Gasteiger partial charge in [-0.05, 0) is 5.56 Å². The Morgan fingerprint density at radius 3 is 1.48 bits per heavy atom. The summed E-state index contributed by atoms with van der Waals surface area (Å²) in [6.45, 7) is -1.12. The number of hydrogen-bond donors (Lipinski definition) is 9. The largest absolute Gasteiger partial charge is 0.388 e. The molecule has 4 aliphatic rings. The number of rotatable bonds is 9. The first-order valence-electron chi connectivity index (χ1n) is 14.3. The van der Waals surface area contributed by atoms with E-state index in [-0.39, 0.29) is 26.4 Å². The third-order valence-corrected chi connectivity index (χ3v) is 9.18. The van der Waals surface area contributed by atoms with Crippen molar-refractivity contribution < 1.29 is 79.1 Å². The van der Waals surface area contributed by atoms with Crippen LogP contribution in [-0.4, -0.2) is 170 Å². The maximum absolute atomic E-state index is 10.7. The van der Waals surface area contributed by atoms with Crippen LogP contribution in [0.3, 0.4) is 0 Å². The molecule has 0 spiro atoms. The van der Waals surface area contributed by atoms with E-state index in [4.69, 9.17) is 33.2 Å². The van der Waals surface area contributed by atoms with Crippen LogP contribution in [0.5, 0.6) is 0 Å². The van der Waals surface area contributed by atoms with Gasteiger partial charge in [0.1, 0.15) is 78.7 Å². The van der Waals surface area contributed by atoms with Crippen LogP contribution in [0, 0.1) is 0 Å². The minimum absolute atomic E-state index is 0.112. The average molecular weight is 653 g/mol. The summed E-state index contributed by atoms with van der Waals surface area (Å²) in [5.74, 6) is 0.552. The Balaban J connectivity index is 1.07. The van der Waals surface area contributed by atoms with Crippen molar-refractivity contribution in [3.8, 4) is 0 Å². The van der Waals surface area contributed by atoms with Crippen molar-refractivity contribution >= 4 is 11.8 Å². The van der Waals surface area contributed by atoms with Gasteiger partial charge in [0.15, 0.2) is 18.9 Å². The van der Waals surface area contributed by atoms with Crippen LogP contribution >= 0.6 is 11.8 Å². The van der Waals surface area contributed by atoms with Gasteiger partial charge in [-0.3, -0.25) is 0 Å². The van der Waals surface area contributed by atoms with Gasteiger partial charge in [-0.2, -0.15) is 0 Å². The molecule has 0 radical (unpaired) electrons. The van der Waals surface area contributed by atoms with Gasteiger partial charge in [-0.1, -0.05) is 30.3 Å². The second-order valence-electron chi connectivity index (χ2n) is 11.1. The van der Waals surface area contributed by atoms with Crippen LogP contribution < -0.4 is 0 Å². The molecule has 250 valence electrons. The molecule has 4 aliphatic heterocycles. The standard InChI is InChI=1S/C27H40O16S/c28-12-6-37-24(20(33)16(12)29)41-13-7-38-25(21(34)17(13)30)42-14-8-39-26(22(35)18(14)31)43-15-9-40-27(23(36)19(15)32)44-10-11-4-2-1-3-5-11/h1-5,12-36H,6-10H2/t12-,13-,14-,15-,16+,17+,18+,19+,20-,21-,22-,23-,24+,25+,26+,27+/m1/s1. The average Bonchev–Trinajstić information content (AvgIpc) is 3.02. The van der Waals surface area contributed by atoms with Crippen molar-refractivity contribution in [2.45, 2.75) is 103 Å². The van der Waals surface area contributed by atoms with E-state index < -0.39 is 97.6 Å². The smallest absolute Gasteiger partial charge is 0.186 e. The third kappa shape index (κ3) is 7.72. The number of aliphatic hydroxyl groups is 9. The molecule has 4 saturated heterocycles. The van der Waals surface area contributed by atoms with Gasteiger partial charge >= 0.3 is 0 Å². The molecular formula is C27H40O16S. The molecule has 1 aromatic carbocycles. The molecule has 16 atom stereocenters. The normalized spacial score (nSPS) is 46.9. The quantitative estimate of drug-likeness (QED) is 0.123. The van der Waals surface area contributed by atoms with Gasteiger partial charge in [0.2, 0.25) is 0 Å². The SMILES string of the molecule is O[C@@H]1[C@@H](O)[C@H](O[C@@H]2CO[C@@H](O[C@@H]3CO[C@@H](O[C@@H]4CO[C@@H](SCc5ccccc5)[C@H](O)[C@H]4O)[C@H](O)[C@H]3O)[C@H](O)[C@H]2O)OC[C@H]1O. The molecule has 4 fully saturated rings. The minimum atomic E-state index is -1.70. The van der Waals surface area contributed by atoms with Crippen molar-refractivity contribution in [3.05, 3.63) is 35.9 Å². The summed E-state index contributed by atoms with van der Waals surface area (Å²) in [5.41, 5.74) is 0.309. The molecule has 0 saturated carbocycles. The molecule has 0 unspecified atom stereocenters. The molecule has 44 heavy (non-hydrogen) atoms. The molecule has 1 aromatic rings. The van der Waals surface area contributed by atoms with Crippen LogP contribution in [-0.2, 0) is 38.9 Å². The van der Waals surface area contributed by atoms with Crippen molar-refractivity contribution in [2.24, 2.45) is 0 Å². The van der Waals surface area contributed by atoms with Gasteiger partial charge in [0.25, 0.3) is 0 Å². The molecule has 17 heteroatoms. The topological polar surface area (TPSA) is 247 Å². The van der Waals surface area contributed by atoms with E-state index in [1.54, 1.807) is 0 Å². The summed E-state index contributed by atoms with van der Waals surface area (Å²) in [5, 5.41) is 93.2. The Bertz CT molecular complexity index is 1030. The fourth-order valence-electron chi connectivity index (χ4n) is 5.22. The van der Waals surface area contributed by atoms with Crippen LogP contribution in [0.1, 0.15) is 5.56 Å². The Morgan fingerprint density at radius 1 is 0.523 bits per heavy atom. The van der Waals surface area contributed by atoms with E-state index in [1.165, 1.54) is 11.8 Å². The molecule has 4 heterocycles. The zero-order valence-corrected chi connectivity index (χ0v) is 24.3. The van der Waals surface area contributed by atoms with Gasteiger partial charge in [0.05, 0.1) is 26.4 Å². The predicted octanol–water partition coefficient (Wildman–Crippen LogP) is -4.25. The van der Waals surface area contributed by atoms with Gasteiger partial charge in [-0.15, -0.1) is 11.8 Å². The van der Waals surface area contributed by atoms with E-state index in [9.17, 15) is 46.0 Å². The lowest BCUT2D eigenvalue weighted by Crippen LogP contribution is -2.62. The summed E-state index contributed by atoms with van der Waals surface area (Å²) >= 11 is 1.32. The van der Waals surface area contributed by atoms with E-state index in [0.29, 0.717) is 5.75 Å². The number of aliphatic hydroxyl groups excluding tert-OH is 9. The fraction of sp³-hybridized carbons (Fsp3) is 0.778. The van der Waals surface area contributed by atoms with Crippen LogP contribution in [0.15, 0.2) is 30.3 Å². The van der Waals surface area contributed by atoms with Crippen LogP contribution in [0.4, 0.5) is 0 Å². The monoisotopic (exact) mass is 652 g/mol. The Hall–Kier alpha value is -1.07. The summed E-state index contributed by atoms with van der Waals surface area (Å²) in [4.78, 5) is 0. The maximum atomic E-state index is 10.7. The highest BCUT2D eigenvalue weighted by molar-refractivity contribution is 7.99. The zero-order valence-electron chi connectivity index (χ0n) is 23.5. The molecule has 9 N–H and O–H groups in total. The first kappa shape index (κ1) is 34.3. The molecule has 0 aromatic heterocycles. The Kier molecular flexibility index (Phi) is 11.9. The van der Waals surface area contributed by atoms with E-state index in [2.05, 4.69) is 0 Å². The van der Waals surface area contributed by atoms with Crippen LogP contribution in [0.2, 0.25) is 0 Å². The van der Waals surface area contributed by atoms with E-state index >= 15 is 0 Å². The number of benzene rings is 1. The van der Waals surface area contributed by atoms with Crippen molar-refractivity contribution in [2.75, 3.05) is 26.4 Å². The molecule has 0 aliphatic carbocycles. The highest BCUT2D eigenvalue weighted by Gasteiger charge is 2.49. The summed E-state index contributed by atoms with van der Waals surface area (Å²) in [6, 6.07) is 9.55. The summed E-state index contributed by atoms with van der Waals surface area (Å²) in [6.07, 6.45) is -21.5. The highest BCUT2D eigenvalue weighted by atomic mass is 32.2. The lowest BCUT2D eigenvalue weighted by Gasteiger charge is -2.44. The van der Waals surface area contributed by atoms with Gasteiger partial charge < -0.3 is 79.1 Å².